The Hall–Kier alpha value is -0.940. The van der Waals surface area contributed by atoms with Crippen LogP contribution in [0.1, 0.15) is 38.5 Å². The monoisotopic (exact) mass is 254 g/mol. The molecule has 5 heteroatoms. The van der Waals surface area contributed by atoms with E-state index >= 15 is 0 Å². The first-order chi connectivity index (χ1) is 8.72. The first-order valence-corrected chi connectivity index (χ1v) is 6.90. The fourth-order valence-corrected chi connectivity index (χ4v) is 2.44. The molecular weight excluding hydrogens is 232 g/mol. The van der Waals surface area contributed by atoms with E-state index in [9.17, 15) is 9.59 Å². The fraction of sp³-hybridized carbons (Fsp3) is 0.846. The van der Waals surface area contributed by atoms with Crippen LogP contribution in [0.5, 0.6) is 0 Å². The van der Waals surface area contributed by atoms with Gasteiger partial charge in [-0.15, -0.1) is 0 Å². The summed E-state index contributed by atoms with van der Waals surface area (Å²) in [5.41, 5.74) is 0. The van der Waals surface area contributed by atoms with Gasteiger partial charge in [-0.1, -0.05) is 0 Å². The minimum atomic E-state index is -0.0221. The number of likely N-dealkylation sites (tertiary alicyclic amines) is 1. The van der Waals surface area contributed by atoms with Gasteiger partial charge in [-0.3, -0.25) is 19.4 Å². The van der Waals surface area contributed by atoms with Crippen molar-refractivity contribution < 1.29 is 14.7 Å². The maximum atomic E-state index is 11.5. The molecule has 1 saturated carbocycles. The van der Waals surface area contributed by atoms with Crippen LogP contribution in [-0.4, -0.2) is 59.0 Å². The van der Waals surface area contributed by atoms with Crippen molar-refractivity contribution in [1.82, 2.24) is 9.80 Å². The van der Waals surface area contributed by atoms with Crippen molar-refractivity contribution in [2.45, 2.75) is 44.6 Å². The molecule has 0 atom stereocenters. The molecule has 1 N–H and O–H groups in total. The average molecular weight is 254 g/mol. The molecular formula is C13H22N2O3. The fourth-order valence-electron chi connectivity index (χ4n) is 2.44. The molecule has 0 spiro atoms. The number of amides is 2. The molecule has 0 aromatic carbocycles. The second kappa shape index (κ2) is 6.29. The van der Waals surface area contributed by atoms with Crippen LogP contribution in [0.25, 0.3) is 0 Å². The zero-order chi connectivity index (χ0) is 13.0. The summed E-state index contributed by atoms with van der Waals surface area (Å²) in [5, 5.41) is 8.79. The summed E-state index contributed by atoms with van der Waals surface area (Å²) in [7, 11) is 0. The van der Waals surface area contributed by atoms with Crippen LogP contribution in [0.15, 0.2) is 0 Å². The largest absolute Gasteiger partial charge is 0.396 e. The van der Waals surface area contributed by atoms with Gasteiger partial charge in [0.25, 0.3) is 0 Å². The summed E-state index contributed by atoms with van der Waals surface area (Å²) in [4.78, 5) is 26.8. The third kappa shape index (κ3) is 3.53. The molecule has 0 radical (unpaired) electrons. The Labute approximate surface area is 108 Å². The number of aliphatic hydroxyl groups excluding tert-OH is 1. The van der Waals surface area contributed by atoms with Gasteiger partial charge in [0.1, 0.15) is 0 Å². The van der Waals surface area contributed by atoms with Crippen molar-refractivity contribution in [3.8, 4) is 0 Å². The van der Waals surface area contributed by atoms with Crippen LogP contribution in [0.3, 0.4) is 0 Å². The first-order valence-electron chi connectivity index (χ1n) is 6.90. The molecule has 1 saturated heterocycles. The van der Waals surface area contributed by atoms with E-state index in [2.05, 4.69) is 4.90 Å². The van der Waals surface area contributed by atoms with Gasteiger partial charge in [-0.25, -0.2) is 0 Å². The van der Waals surface area contributed by atoms with E-state index in [0.29, 0.717) is 25.4 Å². The van der Waals surface area contributed by atoms with Gasteiger partial charge >= 0.3 is 0 Å². The van der Waals surface area contributed by atoms with Crippen molar-refractivity contribution in [1.29, 1.82) is 0 Å². The van der Waals surface area contributed by atoms with E-state index < -0.39 is 0 Å². The summed E-state index contributed by atoms with van der Waals surface area (Å²) in [5.74, 6) is -0.0442. The van der Waals surface area contributed by atoms with Crippen LogP contribution >= 0.6 is 0 Å². The minimum absolute atomic E-state index is 0.0221. The highest BCUT2D eigenvalue weighted by atomic mass is 16.3. The molecule has 2 amide bonds. The van der Waals surface area contributed by atoms with Crippen molar-refractivity contribution in [3.05, 3.63) is 0 Å². The topological polar surface area (TPSA) is 60.9 Å². The molecule has 0 aromatic heterocycles. The lowest BCUT2D eigenvalue weighted by Gasteiger charge is -2.24. The van der Waals surface area contributed by atoms with Crippen LogP contribution in [0, 0.1) is 0 Å². The third-order valence-corrected chi connectivity index (χ3v) is 3.68. The third-order valence-electron chi connectivity index (χ3n) is 3.68. The summed E-state index contributed by atoms with van der Waals surface area (Å²) in [6.07, 6.45) is 5.02. The maximum absolute atomic E-state index is 11.5. The van der Waals surface area contributed by atoms with E-state index in [0.717, 1.165) is 25.9 Å². The second-order valence-electron chi connectivity index (χ2n) is 5.14. The predicted octanol–water partition coefficient (Wildman–Crippen LogP) is 0.372. The molecule has 0 bridgehead atoms. The number of unbranched alkanes of at least 4 members (excludes halogenated alkanes) is 1. The van der Waals surface area contributed by atoms with Crippen LogP contribution in [0.4, 0.5) is 0 Å². The Kier molecular flexibility index (Phi) is 4.72. The highest BCUT2D eigenvalue weighted by molar-refractivity contribution is 6.01. The Balaban J connectivity index is 1.74. The molecule has 2 aliphatic rings. The van der Waals surface area contributed by atoms with Gasteiger partial charge in [0.2, 0.25) is 11.8 Å². The molecule has 1 aliphatic carbocycles. The lowest BCUT2D eigenvalue weighted by atomic mass is 10.3. The summed E-state index contributed by atoms with van der Waals surface area (Å²) < 4.78 is 0. The van der Waals surface area contributed by atoms with Crippen molar-refractivity contribution in [3.63, 3.8) is 0 Å². The Morgan fingerprint density at radius 1 is 1.11 bits per heavy atom. The van der Waals surface area contributed by atoms with E-state index in [1.54, 1.807) is 0 Å². The molecule has 2 rings (SSSR count). The second-order valence-corrected chi connectivity index (χ2v) is 5.14. The molecule has 0 aromatic rings. The highest BCUT2D eigenvalue weighted by Crippen LogP contribution is 2.27. The van der Waals surface area contributed by atoms with Crippen LogP contribution in [0.2, 0.25) is 0 Å². The zero-order valence-electron chi connectivity index (χ0n) is 10.8. The smallest absolute Gasteiger partial charge is 0.229 e. The summed E-state index contributed by atoms with van der Waals surface area (Å²) in [6.45, 7) is 2.52. The normalized spacial score (nSPS) is 20.2. The standard InChI is InChI=1S/C13H22N2O3/c16-10-2-1-7-14(11-3-4-11)8-9-15-12(17)5-6-13(15)18/h11,16H,1-10H2. The summed E-state index contributed by atoms with van der Waals surface area (Å²) in [6, 6.07) is 0.636. The molecule has 2 fully saturated rings. The lowest BCUT2D eigenvalue weighted by Crippen LogP contribution is -2.39. The number of carbonyl (C=O) groups is 2. The first kappa shape index (κ1) is 13.5. The quantitative estimate of drug-likeness (QED) is 0.502. The van der Waals surface area contributed by atoms with Gasteiger partial charge in [0.05, 0.1) is 0 Å². The van der Waals surface area contributed by atoms with Gasteiger partial charge < -0.3 is 5.11 Å². The highest BCUT2D eigenvalue weighted by Gasteiger charge is 2.32. The van der Waals surface area contributed by atoms with Gasteiger partial charge in [-0.2, -0.15) is 0 Å². The predicted molar refractivity (Wildman–Crippen MR) is 66.9 cm³/mol. The molecule has 18 heavy (non-hydrogen) atoms. The number of imide groups is 1. The molecule has 102 valence electrons. The van der Waals surface area contributed by atoms with Crippen LogP contribution in [-0.2, 0) is 9.59 Å². The lowest BCUT2D eigenvalue weighted by molar-refractivity contribution is -0.138. The van der Waals surface area contributed by atoms with Crippen molar-refractivity contribution in [2.24, 2.45) is 0 Å². The molecule has 1 aliphatic heterocycles. The van der Waals surface area contributed by atoms with Crippen LogP contribution < -0.4 is 0 Å². The number of aliphatic hydroxyl groups is 1. The number of nitrogens with zero attached hydrogens (tertiary/aromatic N) is 2. The number of carbonyl (C=O) groups excluding carboxylic acids is 2. The van der Waals surface area contributed by atoms with E-state index in [1.807, 2.05) is 0 Å². The Morgan fingerprint density at radius 3 is 2.33 bits per heavy atom. The zero-order valence-corrected chi connectivity index (χ0v) is 10.8. The summed E-state index contributed by atoms with van der Waals surface area (Å²) >= 11 is 0. The van der Waals surface area contributed by atoms with Gasteiger partial charge in [-0.05, 0) is 32.2 Å². The minimum Gasteiger partial charge on any atom is -0.396 e. The Bertz CT molecular complexity index is 299. The van der Waals surface area contributed by atoms with Gasteiger partial charge in [0, 0.05) is 38.6 Å². The SMILES string of the molecule is O=C1CCC(=O)N1CCN(CCCCO)C1CC1. The number of hydrogen-bond acceptors (Lipinski definition) is 4. The number of rotatable bonds is 8. The van der Waals surface area contributed by atoms with E-state index in [4.69, 9.17) is 5.11 Å². The Morgan fingerprint density at radius 2 is 1.78 bits per heavy atom. The molecule has 5 nitrogen and oxygen atoms in total. The molecule has 0 unspecified atom stereocenters. The number of hydrogen-bond donors (Lipinski definition) is 1. The van der Waals surface area contributed by atoms with Crippen molar-refractivity contribution >= 4 is 11.8 Å². The van der Waals surface area contributed by atoms with E-state index in [-0.39, 0.29) is 18.4 Å². The van der Waals surface area contributed by atoms with Crippen molar-refractivity contribution in [2.75, 3.05) is 26.2 Å². The maximum Gasteiger partial charge on any atom is 0.229 e. The van der Waals surface area contributed by atoms with E-state index in [1.165, 1.54) is 17.7 Å². The average Bonchev–Trinajstić information content (AvgIpc) is 3.14. The molecule has 1 heterocycles. The van der Waals surface area contributed by atoms with Gasteiger partial charge in [0.15, 0.2) is 0 Å².